The topological polar surface area (TPSA) is 90.3 Å². The second kappa shape index (κ2) is 11.1. The molecule has 0 atom stereocenters. The Balaban J connectivity index is 0.000000305. The largest absolute Gasteiger partial charge is 0.492 e. The van der Waals surface area contributed by atoms with E-state index in [4.69, 9.17) is 4.74 Å². The van der Waals surface area contributed by atoms with Gasteiger partial charge in [0.1, 0.15) is 18.2 Å². The summed E-state index contributed by atoms with van der Waals surface area (Å²) in [5.74, 6) is 1.20. The summed E-state index contributed by atoms with van der Waals surface area (Å²) in [4.78, 5) is 38.0. The van der Waals surface area contributed by atoms with Gasteiger partial charge in [0.15, 0.2) is 0 Å². The SMILES string of the molecule is C=C1SC(=O)NC1=O.CCc1nc(-c2ccccc2)cc(=O)n1CCOc1ccccc1. The van der Waals surface area contributed by atoms with E-state index in [0.717, 1.165) is 34.6 Å². The third-order valence-corrected chi connectivity index (χ3v) is 5.20. The molecule has 2 heterocycles. The van der Waals surface area contributed by atoms with Crippen LogP contribution < -0.4 is 15.6 Å². The van der Waals surface area contributed by atoms with Gasteiger partial charge in [-0.15, -0.1) is 0 Å². The molecule has 0 unspecified atom stereocenters. The number of hydrogen-bond acceptors (Lipinski definition) is 6. The van der Waals surface area contributed by atoms with E-state index in [-0.39, 0.29) is 21.6 Å². The summed E-state index contributed by atoms with van der Waals surface area (Å²) in [6.07, 6.45) is 0.696. The van der Waals surface area contributed by atoms with Crippen LogP contribution in [0, 0.1) is 0 Å². The van der Waals surface area contributed by atoms with Gasteiger partial charge in [0.25, 0.3) is 16.7 Å². The molecule has 1 aliphatic rings. The van der Waals surface area contributed by atoms with Gasteiger partial charge < -0.3 is 4.74 Å². The first kappa shape index (κ1) is 23.0. The molecular formula is C24H23N3O4S. The molecule has 0 spiro atoms. The smallest absolute Gasteiger partial charge is 0.290 e. The van der Waals surface area contributed by atoms with Gasteiger partial charge in [-0.25, -0.2) is 4.98 Å². The number of aromatic nitrogens is 2. The lowest BCUT2D eigenvalue weighted by Crippen LogP contribution is -2.27. The number of hydrogen-bond donors (Lipinski definition) is 1. The second-order valence-electron chi connectivity index (χ2n) is 6.70. The average Bonchev–Trinajstić information content (AvgIpc) is 3.11. The molecule has 1 saturated heterocycles. The number of nitrogens with zero attached hydrogens (tertiary/aromatic N) is 2. The van der Waals surface area contributed by atoms with Crippen molar-refractivity contribution in [3.8, 4) is 17.0 Å². The number of para-hydroxylation sites is 1. The Morgan fingerprint density at radius 3 is 2.22 bits per heavy atom. The van der Waals surface area contributed by atoms with Crippen molar-refractivity contribution in [2.24, 2.45) is 0 Å². The van der Waals surface area contributed by atoms with Gasteiger partial charge >= 0.3 is 0 Å². The van der Waals surface area contributed by atoms with Crippen molar-refractivity contribution in [3.63, 3.8) is 0 Å². The Morgan fingerprint density at radius 2 is 1.69 bits per heavy atom. The van der Waals surface area contributed by atoms with Crippen LogP contribution in [0.3, 0.4) is 0 Å². The van der Waals surface area contributed by atoms with Crippen LogP contribution >= 0.6 is 11.8 Å². The fraction of sp³-hybridized carbons (Fsp3) is 0.167. The molecule has 1 N–H and O–H groups in total. The van der Waals surface area contributed by atoms with E-state index < -0.39 is 0 Å². The number of imide groups is 1. The highest BCUT2D eigenvalue weighted by atomic mass is 32.2. The lowest BCUT2D eigenvalue weighted by molar-refractivity contribution is -0.115. The monoisotopic (exact) mass is 449 g/mol. The van der Waals surface area contributed by atoms with E-state index in [1.165, 1.54) is 0 Å². The third-order valence-electron chi connectivity index (χ3n) is 4.48. The van der Waals surface area contributed by atoms with Crippen LogP contribution in [0.5, 0.6) is 5.75 Å². The molecule has 0 radical (unpaired) electrons. The molecule has 32 heavy (non-hydrogen) atoms. The van der Waals surface area contributed by atoms with Crippen LogP contribution in [0.15, 0.2) is 83.0 Å². The quantitative estimate of drug-likeness (QED) is 0.572. The number of nitrogens with one attached hydrogen (secondary N) is 1. The van der Waals surface area contributed by atoms with E-state index >= 15 is 0 Å². The van der Waals surface area contributed by atoms with E-state index in [1.807, 2.05) is 67.6 Å². The maximum atomic E-state index is 12.5. The molecule has 2 amide bonds. The van der Waals surface area contributed by atoms with Crippen molar-refractivity contribution in [1.29, 1.82) is 0 Å². The van der Waals surface area contributed by atoms with Crippen molar-refractivity contribution in [3.05, 3.63) is 94.4 Å². The zero-order valence-electron chi connectivity index (χ0n) is 17.6. The molecular weight excluding hydrogens is 426 g/mol. The van der Waals surface area contributed by atoms with Gasteiger partial charge in [0.05, 0.1) is 17.1 Å². The van der Waals surface area contributed by atoms with Gasteiger partial charge in [0.2, 0.25) is 0 Å². The Kier molecular flexibility index (Phi) is 7.99. The Morgan fingerprint density at radius 1 is 1.03 bits per heavy atom. The number of aryl methyl sites for hydroxylation is 1. The number of carbonyl (C=O) groups excluding carboxylic acids is 2. The first-order valence-corrected chi connectivity index (χ1v) is 10.9. The molecule has 0 bridgehead atoms. The standard InChI is InChI=1S/C20H20N2O2.C4H3NO2S/c1-2-19-21-18(16-9-5-3-6-10-16)15-20(23)22(19)13-14-24-17-11-7-4-8-12-17;1-2-3(6)5-4(7)8-2/h3-12,15H,2,13-14H2,1H3;1H2,(H,5,6,7). The summed E-state index contributed by atoms with van der Waals surface area (Å²) in [5.41, 5.74) is 1.63. The minimum atomic E-state index is -0.375. The van der Waals surface area contributed by atoms with Gasteiger partial charge in [-0.3, -0.25) is 24.3 Å². The predicted molar refractivity (Wildman–Crippen MR) is 126 cm³/mol. The number of amides is 2. The van der Waals surface area contributed by atoms with E-state index in [0.29, 0.717) is 19.6 Å². The highest BCUT2D eigenvalue weighted by molar-refractivity contribution is 8.18. The van der Waals surface area contributed by atoms with Crippen molar-refractivity contribution < 1.29 is 14.3 Å². The number of thioether (sulfide) groups is 1. The highest BCUT2D eigenvalue weighted by Gasteiger charge is 2.22. The number of ether oxygens (including phenoxy) is 1. The van der Waals surface area contributed by atoms with Crippen LogP contribution in [0.4, 0.5) is 4.79 Å². The third kappa shape index (κ3) is 6.18. The van der Waals surface area contributed by atoms with E-state index in [1.54, 1.807) is 10.6 Å². The van der Waals surface area contributed by atoms with Gasteiger partial charge in [-0.1, -0.05) is 62.0 Å². The van der Waals surface area contributed by atoms with Crippen LogP contribution in [-0.4, -0.2) is 27.3 Å². The zero-order chi connectivity index (χ0) is 22.9. The number of rotatable bonds is 6. The molecule has 1 aliphatic heterocycles. The zero-order valence-corrected chi connectivity index (χ0v) is 18.4. The summed E-state index contributed by atoms with van der Waals surface area (Å²) in [6, 6.07) is 21.0. The molecule has 7 nitrogen and oxygen atoms in total. The molecule has 0 aliphatic carbocycles. The first-order valence-electron chi connectivity index (χ1n) is 10.0. The lowest BCUT2D eigenvalue weighted by atomic mass is 10.1. The molecule has 8 heteroatoms. The fourth-order valence-electron chi connectivity index (χ4n) is 2.94. The molecule has 2 aromatic carbocycles. The van der Waals surface area contributed by atoms with E-state index in [2.05, 4.69) is 16.9 Å². The first-order chi connectivity index (χ1) is 15.5. The van der Waals surface area contributed by atoms with Crippen molar-refractivity contribution in [2.75, 3.05) is 6.61 Å². The summed E-state index contributed by atoms with van der Waals surface area (Å²) >= 11 is 0.834. The Labute approximate surface area is 190 Å². The van der Waals surface area contributed by atoms with Crippen molar-refractivity contribution >= 4 is 22.9 Å². The minimum absolute atomic E-state index is 0.0441. The van der Waals surface area contributed by atoms with Crippen molar-refractivity contribution in [2.45, 2.75) is 19.9 Å². The molecule has 1 aromatic heterocycles. The van der Waals surface area contributed by atoms with Crippen molar-refractivity contribution in [1.82, 2.24) is 14.9 Å². The Bertz CT molecular complexity index is 1140. The van der Waals surface area contributed by atoms with E-state index in [9.17, 15) is 14.4 Å². The molecule has 0 saturated carbocycles. The van der Waals surface area contributed by atoms with Crippen LogP contribution in [0.1, 0.15) is 12.7 Å². The summed E-state index contributed by atoms with van der Waals surface area (Å²) in [7, 11) is 0. The molecule has 4 rings (SSSR count). The summed E-state index contributed by atoms with van der Waals surface area (Å²) in [5, 5.41) is 1.72. The van der Waals surface area contributed by atoms with Crippen LogP contribution in [0.2, 0.25) is 0 Å². The number of carbonyl (C=O) groups is 2. The molecule has 164 valence electrons. The minimum Gasteiger partial charge on any atom is -0.492 e. The highest BCUT2D eigenvalue weighted by Crippen LogP contribution is 2.19. The molecule has 1 fully saturated rings. The van der Waals surface area contributed by atoms with Gasteiger partial charge in [-0.05, 0) is 23.9 Å². The average molecular weight is 450 g/mol. The normalized spacial score (nSPS) is 12.7. The molecule has 3 aromatic rings. The van der Waals surface area contributed by atoms with Crippen LogP contribution in [-0.2, 0) is 17.8 Å². The van der Waals surface area contributed by atoms with Crippen LogP contribution in [0.25, 0.3) is 11.3 Å². The Hall–Kier alpha value is -3.65. The maximum absolute atomic E-state index is 12.5. The van der Waals surface area contributed by atoms with Gasteiger partial charge in [0, 0.05) is 18.1 Å². The maximum Gasteiger partial charge on any atom is 0.290 e. The number of benzene rings is 2. The summed E-state index contributed by atoms with van der Waals surface area (Å²) < 4.78 is 7.38. The van der Waals surface area contributed by atoms with Gasteiger partial charge in [-0.2, -0.15) is 0 Å². The fourth-order valence-corrected chi connectivity index (χ4v) is 3.45. The lowest BCUT2D eigenvalue weighted by Gasteiger charge is -2.13. The predicted octanol–water partition coefficient (Wildman–Crippen LogP) is 4.03. The second-order valence-corrected chi connectivity index (χ2v) is 7.76. The summed E-state index contributed by atoms with van der Waals surface area (Å²) in [6.45, 7) is 6.24.